The number of hydrogen-bond acceptors (Lipinski definition) is 5. The van der Waals surface area contributed by atoms with E-state index in [1.165, 1.54) is 16.7 Å². The van der Waals surface area contributed by atoms with Gasteiger partial charge in [0, 0.05) is 24.0 Å². The summed E-state index contributed by atoms with van der Waals surface area (Å²) in [5.41, 5.74) is 4.84. The van der Waals surface area contributed by atoms with E-state index in [2.05, 4.69) is 28.5 Å². The van der Waals surface area contributed by atoms with E-state index >= 15 is 0 Å². The van der Waals surface area contributed by atoms with Gasteiger partial charge in [0.25, 0.3) is 0 Å². The maximum atomic E-state index is 5.47. The number of anilines is 1. The molecule has 4 nitrogen and oxygen atoms in total. The number of aromatic nitrogens is 1. The van der Waals surface area contributed by atoms with Crippen molar-refractivity contribution in [3.63, 3.8) is 0 Å². The van der Waals surface area contributed by atoms with E-state index in [0.717, 1.165) is 50.3 Å². The van der Waals surface area contributed by atoms with Gasteiger partial charge in [-0.2, -0.15) is 0 Å². The average molecular weight is 288 g/mol. The van der Waals surface area contributed by atoms with Gasteiger partial charge in [-0.15, -0.1) is 11.3 Å². The summed E-state index contributed by atoms with van der Waals surface area (Å²) in [4.78, 5) is 7.08. The highest BCUT2D eigenvalue weighted by Gasteiger charge is 2.16. The Morgan fingerprint density at radius 2 is 1.90 bits per heavy atom. The van der Waals surface area contributed by atoms with E-state index in [1.807, 2.05) is 0 Å². The molecule has 1 aromatic heterocycles. The summed E-state index contributed by atoms with van der Waals surface area (Å²) >= 11 is 1.71. The van der Waals surface area contributed by atoms with Crippen LogP contribution in [0.4, 0.5) is 5.13 Å². The molecule has 0 amide bonds. The summed E-state index contributed by atoms with van der Waals surface area (Å²) in [6.45, 7) is 4.93. The Morgan fingerprint density at radius 1 is 1.05 bits per heavy atom. The third kappa shape index (κ3) is 2.22. The first-order valence-electron chi connectivity index (χ1n) is 6.88. The van der Waals surface area contributed by atoms with Crippen molar-refractivity contribution in [2.24, 2.45) is 0 Å². The SMILES string of the molecule is c1cc2c(cc1-c1csc(N3CCOCC3)n1)COC2. The Hall–Kier alpha value is -1.43. The molecule has 2 aliphatic rings. The lowest BCUT2D eigenvalue weighted by atomic mass is 10.1. The lowest BCUT2D eigenvalue weighted by Gasteiger charge is -2.26. The molecule has 4 rings (SSSR count). The fraction of sp³-hybridized carbons (Fsp3) is 0.400. The highest BCUT2D eigenvalue weighted by Crippen LogP contribution is 2.30. The Balaban J connectivity index is 1.61. The van der Waals surface area contributed by atoms with E-state index < -0.39 is 0 Å². The Morgan fingerprint density at radius 3 is 2.80 bits per heavy atom. The molecule has 0 N–H and O–H groups in total. The second-order valence-electron chi connectivity index (χ2n) is 5.09. The molecule has 0 aliphatic carbocycles. The number of thiazole rings is 1. The predicted octanol–water partition coefficient (Wildman–Crippen LogP) is 2.68. The molecule has 0 unspecified atom stereocenters. The number of fused-ring (bicyclic) bond motifs is 1. The van der Waals surface area contributed by atoms with Crippen LogP contribution in [0.5, 0.6) is 0 Å². The zero-order valence-electron chi connectivity index (χ0n) is 11.2. The molecule has 0 atom stereocenters. The van der Waals surface area contributed by atoms with Crippen molar-refractivity contribution in [2.45, 2.75) is 13.2 Å². The number of nitrogens with zero attached hydrogens (tertiary/aromatic N) is 2. The maximum absolute atomic E-state index is 5.47. The summed E-state index contributed by atoms with van der Waals surface area (Å²) in [5.74, 6) is 0. The van der Waals surface area contributed by atoms with Gasteiger partial charge >= 0.3 is 0 Å². The van der Waals surface area contributed by atoms with Crippen LogP contribution < -0.4 is 4.90 Å². The van der Waals surface area contributed by atoms with Gasteiger partial charge in [0.05, 0.1) is 32.1 Å². The number of benzene rings is 1. The van der Waals surface area contributed by atoms with E-state index in [0.29, 0.717) is 0 Å². The number of ether oxygens (including phenoxy) is 2. The molecule has 5 heteroatoms. The van der Waals surface area contributed by atoms with Gasteiger partial charge in [0.2, 0.25) is 0 Å². The number of hydrogen-bond donors (Lipinski definition) is 0. The lowest BCUT2D eigenvalue weighted by molar-refractivity contribution is 0.122. The Kier molecular flexibility index (Phi) is 3.18. The quantitative estimate of drug-likeness (QED) is 0.851. The van der Waals surface area contributed by atoms with Crippen molar-refractivity contribution < 1.29 is 9.47 Å². The molecule has 2 aromatic rings. The highest BCUT2D eigenvalue weighted by atomic mass is 32.1. The molecule has 3 heterocycles. The van der Waals surface area contributed by atoms with E-state index in [-0.39, 0.29) is 0 Å². The summed E-state index contributed by atoms with van der Waals surface area (Å²) in [5, 5.41) is 3.24. The monoisotopic (exact) mass is 288 g/mol. The van der Waals surface area contributed by atoms with Crippen molar-refractivity contribution in [1.82, 2.24) is 4.98 Å². The third-order valence-electron chi connectivity index (χ3n) is 3.79. The lowest BCUT2D eigenvalue weighted by Crippen LogP contribution is -2.36. The molecular formula is C15H16N2O2S. The molecule has 1 aromatic carbocycles. The number of rotatable bonds is 2. The molecule has 1 fully saturated rings. The topological polar surface area (TPSA) is 34.6 Å². The van der Waals surface area contributed by atoms with E-state index in [1.54, 1.807) is 11.3 Å². The first-order chi connectivity index (χ1) is 9.90. The minimum absolute atomic E-state index is 0.726. The van der Waals surface area contributed by atoms with Crippen molar-refractivity contribution in [2.75, 3.05) is 31.2 Å². The summed E-state index contributed by atoms with van der Waals surface area (Å²) in [6.07, 6.45) is 0. The second kappa shape index (κ2) is 5.16. The zero-order chi connectivity index (χ0) is 13.4. The molecule has 0 bridgehead atoms. The maximum Gasteiger partial charge on any atom is 0.186 e. The van der Waals surface area contributed by atoms with E-state index in [9.17, 15) is 0 Å². The first-order valence-corrected chi connectivity index (χ1v) is 7.76. The number of morpholine rings is 1. The molecule has 104 valence electrons. The molecule has 0 spiro atoms. The fourth-order valence-corrected chi connectivity index (χ4v) is 3.52. The molecule has 0 saturated carbocycles. The van der Waals surface area contributed by atoms with Gasteiger partial charge in [0.15, 0.2) is 5.13 Å². The van der Waals surface area contributed by atoms with Crippen LogP contribution in [0.15, 0.2) is 23.6 Å². The van der Waals surface area contributed by atoms with Gasteiger partial charge in [-0.1, -0.05) is 12.1 Å². The standard InChI is InChI=1S/C15H16N2O2S/c1-2-12-8-19-9-13(12)7-11(1)14-10-20-15(16-14)17-3-5-18-6-4-17/h1-2,7,10H,3-6,8-9H2. The fourth-order valence-electron chi connectivity index (χ4n) is 2.63. The van der Waals surface area contributed by atoms with Gasteiger partial charge in [-0.3, -0.25) is 0 Å². The van der Waals surface area contributed by atoms with Crippen molar-refractivity contribution in [3.05, 3.63) is 34.7 Å². The second-order valence-corrected chi connectivity index (χ2v) is 5.93. The van der Waals surface area contributed by atoms with Crippen LogP contribution in [0.2, 0.25) is 0 Å². The predicted molar refractivity (Wildman–Crippen MR) is 79.1 cm³/mol. The zero-order valence-corrected chi connectivity index (χ0v) is 12.0. The highest BCUT2D eigenvalue weighted by molar-refractivity contribution is 7.14. The van der Waals surface area contributed by atoms with Crippen LogP contribution in [-0.4, -0.2) is 31.3 Å². The largest absolute Gasteiger partial charge is 0.378 e. The van der Waals surface area contributed by atoms with Gasteiger partial charge in [-0.25, -0.2) is 4.98 Å². The van der Waals surface area contributed by atoms with Crippen LogP contribution in [0.1, 0.15) is 11.1 Å². The molecule has 20 heavy (non-hydrogen) atoms. The normalized spacial score (nSPS) is 18.3. The van der Waals surface area contributed by atoms with E-state index in [4.69, 9.17) is 14.5 Å². The molecule has 1 saturated heterocycles. The first kappa shape index (κ1) is 12.3. The molecular weight excluding hydrogens is 272 g/mol. The Bertz CT molecular complexity index is 620. The smallest absolute Gasteiger partial charge is 0.186 e. The van der Waals surface area contributed by atoms with Crippen molar-refractivity contribution in [3.8, 4) is 11.3 Å². The van der Waals surface area contributed by atoms with Crippen LogP contribution in [0.3, 0.4) is 0 Å². The van der Waals surface area contributed by atoms with Gasteiger partial charge in [-0.05, 0) is 17.2 Å². The molecule has 0 radical (unpaired) electrons. The van der Waals surface area contributed by atoms with Crippen LogP contribution in [-0.2, 0) is 22.7 Å². The Labute approximate surface area is 122 Å². The third-order valence-corrected chi connectivity index (χ3v) is 4.69. The van der Waals surface area contributed by atoms with Crippen LogP contribution in [0.25, 0.3) is 11.3 Å². The van der Waals surface area contributed by atoms with Gasteiger partial charge < -0.3 is 14.4 Å². The van der Waals surface area contributed by atoms with Crippen molar-refractivity contribution >= 4 is 16.5 Å². The summed E-state index contributed by atoms with van der Waals surface area (Å²) in [7, 11) is 0. The average Bonchev–Trinajstić information content (AvgIpc) is 3.16. The molecule has 2 aliphatic heterocycles. The summed E-state index contributed by atoms with van der Waals surface area (Å²) in [6, 6.07) is 6.51. The van der Waals surface area contributed by atoms with Crippen LogP contribution in [0, 0.1) is 0 Å². The van der Waals surface area contributed by atoms with Crippen LogP contribution >= 0.6 is 11.3 Å². The minimum Gasteiger partial charge on any atom is -0.378 e. The summed E-state index contributed by atoms with van der Waals surface area (Å²) < 4.78 is 10.9. The minimum atomic E-state index is 0.726. The van der Waals surface area contributed by atoms with Crippen molar-refractivity contribution in [1.29, 1.82) is 0 Å². The van der Waals surface area contributed by atoms with Gasteiger partial charge in [0.1, 0.15) is 0 Å².